The molecule has 8 heteroatoms. The Hall–Kier alpha value is -2.82. The minimum absolute atomic E-state index is 0.0666. The van der Waals surface area contributed by atoms with E-state index in [1.807, 2.05) is 6.07 Å². The highest BCUT2D eigenvalue weighted by Gasteiger charge is 2.41. The summed E-state index contributed by atoms with van der Waals surface area (Å²) in [6, 6.07) is 3.99. The molecule has 1 aromatic rings. The summed E-state index contributed by atoms with van der Waals surface area (Å²) >= 11 is 0. The molecule has 1 heterocycles. The Morgan fingerprint density at radius 3 is 2.44 bits per heavy atom. The Bertz CT molecular complexity index is 832. The van der Waals surface area contributed by atoms with Crippen LogP contribution < -0.4 is 5.32 Å². The number of methoxy groups -OCH3 is 1. The number of esters is 1. The third kappa shape index (κ3) is 3.36. The van der Waals surface area contributed by atoms with Crippen LogP contribution in [0.5, 0.6) is 0 Å². The van der Waals surface area contributed by atoms with Crippen molar-refractivity contribution in [2.24, 2.45) is 0 Å². The maximum absolute atomic E-state index is 13.4. The second kappa shape index (κ2) is 6.59. The van der Waals surface area contributed by atoms with Gasteiger partial charge in [-0.25, -0.2) is 9.18 Å². The average molecular weight is 354 g/mol. The highest BCUT2D eigenvalue weighted by atomic mass is 19.4. The Morgan fingerprint density at radius 1 is 1.28 bits per heavy atom. The number of allylic oxidation sites excluding steroid dienone is 3. The lowest BCUT2D eigenvalue weighted by Gasteiger charge is -2.29. The molecule has 1 aliphatic rings. The van der Waals surface area contributed by atoms with Crippen LogP contribution >= 0.6 is 0 Å². The number of alkyl halides is 3. The molecule has 132 valence electrons. The molecule has 4 nitrogen and oxygen atoms in total. The van der Waals surface area contributed by atoms with Crippen molar-refractivity contribution in [1.82, 2.24) is 5.32 Å². The van der Waals surface area contributed by atoms with Crippen LogP contribution in [0.25, 0.3) is 0 Å². The van der Waals surface area contributed by atoms with Gasteiger partial charge in [-0.2, -0.15) is 18.4 Å². The van der Waals surface area contributed by atoms with Crippen molar-refractivity contribution in [2.45, 2.75) is 25.9 Å². The molecule has 25 heavy (non-hydrogen) atoms. The maximum Gasteiger partial charge on any atom is 0.416 e. The summed E-state index contributed by atoms with van der Waals surface area (Å²) in [4.78, 5) is 12.1. The first-order chi connectivity index (χ1) is 11.6. The minimum Gasteiger partial charge on any atom is -0.466 e. The monoisotopic (exact) mass is 354 g/mol. The quantitative estimate of drug-likeness (QED) is 0.649. The molecule has 0 saturated carbocycles. The molecule has 0 spiro atoms. The average Bonchev–Trinajstić information content (AvgIpc) is 2.52. The van der Waals surface area contributed by atoms with Crippen LogP contribution in [0.4, 0.5) is 17.6 Å². The first-order valence-corrected chi connectivity index (χ1v) is 7.15. The van der Waals surface area contributed by atoms with Crippen LogP contribution in [0, 0.1) is 17.1 Å². The molecule has 0 radical (unpaired) electrons. The van der Waals surface area contributed by atoms with E-state index in [4.69, 9.17) is 0 Å². The summed E-state index contributed by atoms with van der Waals surface area (Å²) in [5.74, 6) is -3.24. The van der Waals surface area contributed by atoms with Gasteiger partial charge in [0.15, 0.2) is 0 Å². The molecular weight excluding hydrogens is 340 g/mol. The highest BCUT2D eigenvalue weighted by molar-refractivity contribution is 5.93. The summed E-state index contributed by atoms with van der Waals surface area (Å²) in [5, 5.41) is 12.2. The maximum atomic E-state index is 13.4. The van der Waals surface area contributed by atoms with Gasteiger partial charge in [-0.05, 0) is 31.5 Å². The number of hydrogen-bond acceptors (Lipinski definition) is 4. The Morgan fingerprint density at radius 2 is 1.92 bits per heavy atom. The number of nitrogens with zero attached hydrogens (tertiary/aromatic N) is 1. The molecule has 1 aromatic carbocycles. The summed E-state index contributed by atoms with van der Waals surface area (Å²) in [7, 11) is 1.09. The van der Waals surface area contributed by atoms with E-state index in [2.05, 4.69) is 10.1 Å². The smallest absolute Gasteiger partial charge is 0.416 e. The first-order valence-electron chi connectivity index (χ1n) is 7.15. The minimum atomic E-state index is -4.86. The van der Waals surface area contributed by atoms with Gasteiger partial charge in [-0.15, -0.1) is 0 Å². The van der Waals surface area contributed by atoms with Gasteiger partial charge in [0.1, 0.15) is 5.82 Å². The van der Waals surface area contributed by atoms with Crippen molar-refractivity contribution in [2.75, 3.05) is 7.11 Å². The lowest BCUT2D eigenvalue weighted by Crippen LogP contribution is -2.29. The van der Waals surface area contributed by atoms with Crippen LogP contribution in [-0.2, 0) is 15.7 Å². The molecule has 0 amide bonds. The lowest BCUT2D eigenvalue weighted by atomic mass is 9.79. The standard InChI is InChI=1S/C17H14F4N2O2/c1-8-12(7-22)15(14(9(2)23-8)16(24)25-3)11-5-4-10(18)6-13(11)17(19,20)21/h4-6,15,23H,1-3H3. The normalized spacial score (nSPS) is 17.9. The van der Waals surface area contributed by atoms with Gasteiger partial charge in [-0.3, -0.25) is 0 Å². The van der Waals surface area contributed by atoms with Crippen molar-refractivity contribution in [1.29, 1.82) is 5.26 Å². The van der Waals surface area contributed by atoms with E-state index in [1.165, 1.54) is 13.8 Å². The third-order valence-corrected chi connectivity index (χ3v) is 3.92. The third-order valence-electron chi connectivity index (χ3n) is 3.92. The summed E-state index contributed by atoms with van der Waals surface area (Å²) in [5.41, 5.74) is -1.23. The number of rotatable bonds is 2. The van der Waals surface area contributed by atoms with E-state index in [-0.39, 0.29) is 22.4 Å². The number of dihydropyridines is 1. The van der Waals surface area contributed by atoms with Crippen LogP contribution in [0.2, 0.25) is 0 Å². The molecule has 0 aliphatic carbocycles. The van der Waals surface area contributed by atoms with E-state index in [0.29, 0.717) is 11.8 Å². The number of nitrogens with one attached hydrogen (secondary N) is 1. The van der Waals surface area contributed by atoms with Crippen molar-refractivity contribution in [3.63, 3.8) is 0 Å². The molecule has 2 rings (SSSR count). The van der Waals surface area contributed by atoms with E-state index in [0.717, 1.165) is 19.2 Å². The SMILES string of the molecule is COC(=O)C1=C(C)NC(C)=C(C#N)C1c1ccc(F)cc1C(F)(F)F. The number of carbonyl (C=O) groups excluding carboxylic acids is 1. The summed E-state index contributed by atoms with van der Waals surface area (Å²) in [6.07, 6.45) is -4.86. The Kier molecular flexibility index (Phi) is 4.88. The second-order valence-corrected chi connectivity index (χ2v) is 5.47. The molecule has 1 aliphatic heterocycles. The first kappa shape index (κ1) is 18.5. The molecule has 1 atom stereocenters. The topological polar surface area (TPSA) is 62.1 Å². The molecule has 0 saturated heterocycles. The van der Waals surface area contributed by atoms with Crippen molar-refractivity contribution in [3.05, 3.63) is 57.7 Å². The predicted molar refractivity (Wildman–Crippen MR) is 80.3 cm³/mol. The van der Waals surface area contributed by atoms with Gasteiger partial charge in [-0.1, -0.05) is 6.07 Å². The van der Waals surface area contributed by atoms with E-state index in [9.17, 15) is 27.6 Å². The number of ether oxygens (including phenoxy) is 1. The second-order valence-electron chi connectivity index (χ2n) is 5.47. The molecule has 1 N–H and O–H groups in total. The molecule has 1 unspecified atom stereocenters. The number of nitriles is 1. The fraction of sp³-hybridized carbons (Fsp3) is 0.294. The number of carbonyl (C=O) groups is 1. The van der Waals surface area contributed by atoms with Gasteiger partial charge in [0.05, 0.1) is 35.8 Å². The van der Waals surface area contributed by atoms with Gasteiger partial charge in [0, 0.05) is 11.4 Å². The van der Waals surface area contributed by atoms with Crippen molar-refractivity contribution < 1.29 is 27.1 Å². The fourth-order valence-corrected chi connectivity index (χ4v) is 2.86. The van der Waals surface area contributed by atoms with Crippen LogP contribution in [0.3, 0.4) is 0 Å². The zero-order valence-corrected chi connectivity index (χ0v) is 13.6. The van der Waals surface area contributed by atoms with Crippen LogP contribution in [0.1, 0.15) is 30.9 Å². The zero-order valence-electron chi connectivity index (χ0n) is 13.6. The molecular formula is C17H14F4N2O2. The summed E-state index contributed by atoms with van der Waals surface area (Å²) in [6.45, 7) is 3.01. The van der Waals surface area contributed by atoms with Gasteiger partial charge < -0.3 is 10.1 Å². The fourth-order valence-electron chi connectivity index (χ4n) is 2.86. The predicted octanol–water partition coefficient (Wildman–Crippen LogP) is 3.78. The number of halogens is 4. The van der Waals surface area contributed by atoms with Gasteiger partial charge in [0.25, 0.3) is 0 Å². The van der Waals surface area contributed by atoms with Crippen molar-refractivity contribution in [3.8, 4) is 6.07 Å². The molecule has 0 aromatic heterocycles. The largest absolute Gasteiger partial charge is 0.466 e. The zero-order chi connectivity index (χ0) is 18.9. The number of benzene rings is 1. The highest BCUT2D eigenvalue weighted by Crippen LogP contribution is 2.43. The van der Waals surface area contributed by atoms with E-state index in [1.54, 1.807) is 0 Å². The summed E-state index contributed by atoms with van der Waals surface area (Å²) < 4.78 is 58.3. The van der Waals surface area contributed by atoms with Gasteiger partial charge in [0.2, 0.25) is 0 Å². The lowest BCUT2D eigenvalue weighted by molar-refractivity contribution is -0.139. The van der Waals surface area contributed by atoms with Crippen LogP contribution in [0.15, 0.2) is 40.7 Å². The molecule has 0 fully saturated rings. The van der Waals surface area contributed by atoms with Crippen LogP contribution in [-0.4, -0.2) is 13.1 Å². The van der Waals surface area contributed by atoms with Gasteiger partial charge >= 0.3 is 12.1 Å². The molecule has 0 bridgehead atoms. The number of hydrogen-bond donors (Lipinski definition) is 1. The van der Waals surface area contributed by atoms with Crippen molar-refractivity contribution >= 4 is 5.97 Å². The Labute approximate surface area is 141 Å². The van der Waals surface area contributed by atoms with E-state index < -0.39 is 29.4 Å². The Balaban J connectivity index is 2.82. The van der Waals surface area contributed by atoms with E-state index >= 15 is 0 Å².